The molecule has 1 fully saturated rings. The number of ketones is 1. The lowest BCUT2D eigenvalue weighted by Gasteiger charge is -2.24. The van der Waals surface area contributed by atoms with Crippen LogP contribution < -0.4 is 14.4 Å². The number of amides is 1. The average Bonchev–Trinajstić information content (AvgIpc) is 3.60. The summed E-state index contributed by atoms with van der Waals surface area (Å²) in [5.74, 6) is -2.34. The fourth-order valence-electron chi connectivity index (χ4n) is 4.85. The zero-order valence-corrected chi connectivity index (χ0v) is 24.7. The number of anilines is 1. The van der Waals surface area contributed by atoms with Gasteiger partial charge in [0.2, 0.25) is 0 Å². The Labute approximate surface area is 247 Å². The van der Waals surface area contributed by atoms with Gasteiger partial charge in [0, 0.05) is 12.0 Å². The number of ether oxygens (including phenoxy) is 3. The minimum atomic E-state index is -1.17. The Balaban J connectivity index is 1.70. The number of methoxy groups -OCH3 is 1. The van der Waals surface area contributed by atoms with E-state index in [0.717, 1.165) is 21.8 Å². The molecule has 3 aromatic rings. The van der Waals surface area contributed by atoms with Crippen molar-refractivity contribution in [2.24, 2.45) is 0 Å². The summed E-state index contributed by atoms with van der Waals surface area (Å²) < 4.78 is 16.5. The van der Waals surface area contributed by atoms with Crippen LogP contribution in [0.1, 0.15) is 45.0 Å². The van der Waals surface area contributed by atoms with Crippen LogP contribution in [0.3, 0.4) is 0 Å². The Morgan fingerprint density at radius 1 is 1.32 bits per heavy atom. The number of Topliss-reactive ketones (excluding diaryl/α,β-unsaturated/α-hetero) is 1. The average molecular weight is 641 g/mol. The topological polar surface area (TPSA) is 135 Å². The molecule has 5 rings (SSSR count). The van der Waals surface area contributed by atoms with Crippen molar-refractivity contribution in [3.63, 3.8) is 0 Å². The number of phenolic OH excluding ortho intramolecular Hbond substituents is 1. The van der Waals surface area contributed by atoms with Crippen LogP contribution in [-0.2, 0) is 20.7 Å². The number of aromatic hydroxyl groups is 1. The Hall–Kier alpha value is -4.16. The van der Waals surface area contributed by atoms with Gasteiger partial charge in [-0.25, -0.2) is 9.78 Å². The van der Waals surface area contributed by atoms with E-state index >= 15 is 0 Å². The van der Waals surface area contributed by atoms with Crippen molar-refractivity contribution in [1.29, 1.82) is 0 Å². The molecule has 2 unspecified atom stereocenters. The summed E-state index contributed by atoms with van der Waals surface area (Å²) >= 11 is 4.18. The second kappa shape index (κ2) is 11.0. The first-order valence-electron chi connectivity index (χ1n) is 12.5. The molecule has 0 radical (unpaired) electrons. The lowest BCUT2D eigenvalue weighted by atomic mass is 9.94. The molecule has 41 heavy (non-hydrogen) atoms. The zero-order valence-electron chi connectivity index (χ0n) is 22.3. The minimum Gasteiger partial charge on any atom is -0.507 e. The highest BCUT2D eigenvalue weighted by Crippen LogP contribution is 2.47. The third-order valence-corrected chi connectivity index (χ3v) is 8.45. The van der Waals surface area contributed by atoms with Gasteiger partial charge in [-0.05, 0) is 71.2 Å². The van der Waals surface area contributed by atoms with E-state index in [4.69, 9.17) is 14.2 Å². The number of thiazole rings is 1. The summed E-state index contributed by atoms with van der Waals surface area (Å²) in [6.45, 7) is 7.04. The lowest BCUT2D eigenvalue weighted by molar-refractivity contribution is -0.132. The van der Waals surface area contributed by atoms with E-state index in [1.165, 1.54) is 25.3 Å². The van der Waals surface area contributed by atoms with E-state index in [2.05, 4.69) is 27.5 Å². The Kier molecular flexibility index (Phi) is 7.62. The number of aliphatic hydroxyl groups is 1. The normalized spacial score (nSPS) is 19.2. The summed E-state index contributed by atoms with van der Waals surface area (Å²) in [4.78, 5) is 45.5. The summed E-state index contributed by atoms with van der Waals surface area (Å²) in [6.07, 6.45) is 2.02. The molecule has 2 N–H and O–H groups in total. The number of hydrogen-bond acceptors (Lipinski definition) is 10. The number of benzene rings is 2. The molecule has 1 aromatic heterocycles. The highest BCUT2D eigenvalue weighted by atomic mass is 79.9. The molecule has 0 spiro atoms. The van der Waals surface area contributed by atoms with Gasteiger partial charge in [0.05, 0.1) is 28.9 Å². The maximum Gasteiger partial charge on any atom is 0.350 e. The van der Waals surface area contributed by atoms with E-state index in [1.807, 2.05) is 6.92 Å². The van der Waals surface area contributed by atoms with Crippen molar-refractivity contribution in [1.82, 2.24) is 4.98 Å². The van der Waals surface area contributed by atoms with Gasteiger partial charge in [-0.2, -0.15) is 0 Å². The number of carbonyl (C=O) groups excluding carboxylic acids is 3. The monoisotopic (exact) mass is 640 g/mol. The summed E-state index contributed by atoms with van der Waals surface area (Å²) in [6, 6.07) is 6.87. The molecule has 10 nitrogen and oxygen atoms in total. The van der Waals surface area contributed by atoms with E-state index < -0.39 is 23.7 Å². The summed E-state index contributed by atoms with van der Waals surface area (Å²) in [7, 11) is 1.36. The van der Waals surface area contributed by atoms with E-state index in [-0.39, 0.29) is 50.0 Å². The number of hydrogen-bond donors (Lipinski definition) is 2. The summed E-state index contributed by atoms with van der Waals surface area (Å²) in [5.41, 5.74) is 1.65. The number of fused-ring (bicyclic) bond motifs is 1. The van der Waals surface area contributed by atoms with Gasteiger partial charge in [0.1, 0.15) is 29.1 Å². The number of carbonyl (C=O) groups is 3. The van der Waals surface area contributed by atoms with Crippen LogP contribution in [0.15, 0.2) is 53.0 Å². The van der Waals surface area contributed by atoms with Crippen LogP contribution in [-0.4, -0.2) is 52.7 Å². The van der Waals surface area contributed by atoms with Gasteiger partial charge in [0.15, 0.2) is 16.6 Å². The van der Waals surface area contributed by atoms with Gasteiger partial charge < -0.3 is 24.4 Å². The molecule has 0 saturated carbocycles. The largest absolute Gasteiger partial charge is 0.507 e. The van der Waals surface area contributed by atoms with Crippen LogP contribution in [0.25, 0.3) is 5.76 Å². The predicted octanol–water partition coefficient (Wildman–Crippen LogP) is 5.22. The van der Waals surface area contributed by atoms with Crippen molar-refractivity contribution < 1.29 is 38.8 Å². The molecular formula is C29H25BrN2O8S. The van der Waals surface area contributed by atoms with Gasteiger partial charge in [0.25, 0.3) is 5.78 Å². The number of phenols is 1. The maximum absolute atomic E-state index is 13.6. The number of aromatic nitrogens is 1. The Morgan fingerprint density at radius 3 is 2.78 bits per heavy atom. The van der Waals surface area contributed by atoms with Crippen LogP contribution in [0.5, 0.6) is 17.2 Å². The van der Waals surface area contributed by atoms with Crippen LogP contribution in [0, 0.1) is 6.92 Å². The quantitative estimate of drug-likeness (QED) is 0.117. The molecule has 212 valence electrons. The van der Waals surface area contributed by atoms with Crippen molar-refractivity contribution >= 4 is 55.8 Å². The van der Waals surface area contributed by atoms with Gasteiger partial charge in [-0.3, -0.25) is 14.5 Å². The molecule has 2 atom stereocenters. The van der Waals surface area contributed by atoms with Crippen molar-refractivity contribution in [3.05, 3.63) is 80.3 Å². The number of aliphatic hydroxyl groups excluding tert-OH is 1. The standard InChI is InChI=1S/C29H25BrN2O8S/c1-5-8-39-28(37)26-14(3)31-29(41-26)32-22(17-11-18(30)24(34)20(12-17)38-4)21(25(35)27(32)36)23(33)15-6-7-19-16(10-15)9-13(2)40-19/h5-7,10-13,22,33-34H,1,8-9H2,2-4H3/b23-21+. The molecular weight excluding hydrogens is 616 g/mol. The highest BCUT2D eigenvalue weighted by Gasteiger charge is 2.49. The number of esters is 1. The number of halogens is 1. The molecule has 0 bridgehead atoms. The fourth-order valence-corrected chi connectivity index (χ4v) is 6.30. The molecule has 1 saturated heterocycles. The maximum atomic E-state index is 13.6. The lowest BCUT2D eigenvalue weighted by Crippen LogP contribution is -2.29. The first-order chi connectivity index (χ1) is 19.5. The number of nitrogens with zero attached hydrogens (tertiary/aromatic N) is 2. The molecule has 1 amide bonds. The second-order valence-electron chi connectivity index (χ2n) is 9.48. The van der Waals surface area contributed by atoms with Crippen LogP contribution >= 0.6 is 27.3 Å². The Bertz CT molecular complexity index is 1650. The first-order valence-corrected chi connectivity index (χ1v) is 14.1. The molecule has 3 heterocycles. The van der Waals surface area contributed by atoms with Crippen LogP contribution in [0.4, 0.5) is 5.13 Å². The third kappa shape index (κ3) is 4.97. The van der Waals surface area contributed by atoms with E-state index in [1.54, 1.807) is 25.1 Å². The highest BCUT2D eigenvalue weighted by molar-refractivity contribution is 9.10. The van der Waals surface area contributed by atoms with Crippen molar-refractivity contribution in [3.8, 4) is 17.2 Å². The number of rotatable bonds is 7. The smallest absolute Gasteiger partial charge is 0.350 e. The molecule has 2 aliphatic rings. The van der Waals surface area contributed by atoms with Crippen molar-refractivity contribution in [2.75, 3.05) is 18.6 Å². The minimum absolute atomic E-state index is 0.0120. The number of aryl methyl sites for hydroxylation is 1. The van der Waals surface area contributed by atoms with Crippen molar-refractivity contribution in [2.45, 2.75) is 32.4 Å². The molecule has 0 aliphatic carbocycles. The van der Waals surface area contributed by atoms with Gasteiger partial charge in [-0.15, -0.1) is 0 Å². The van der Waals surface area contributed by atoms with Gasteiger partial charge in [-0.1, -0.05) is 24.0 Å². The van der Waals surface area contributed by atoms with E-state index in [0.29, 0.717) is 29.0 Å². The zero-order chi connectivity index (χ0) is 29.6. The Morgan fingerprint density at radius 2 is 2.07 bits per heavy atom. The SMILES string of the molecule is C=CCOC(=O)c1sc(N2C(=O)C(=O)/C(=C(/O)c3ccc4c(c3)CC(C)O4)C2c2cc(Br)c(O)c(OC)c2)nc1C. The summed E-state index contributed by atoms with van der Waals surface area (Å²) in [5, 5.41) is 22.0. The molecule has 2 aromatic carbocycles. The van der Waals surface area contributed by atoms with Crippen LogP contribution in [0.2, 0.25) is 0 Å². The second-order valence-corrected chi connectivity index (χ2v) is 11.3. The molecule has 2 aliphatic heterocycles. The first kappa shape index (κ1) is 28.4. The predicted molar refractivity (Wildman–Crippen MR) is 155 cm³/mol. The molecule has 12 heteroatoms. The fraction of sp³-hybridized carbons (Fsp3) is 0.241. The third-order valence-electron chi connectivity index (χ3n) is 6.71. The van der Waals surface area contributed by atoms with Gasteiger partial charge >= 0.3 is 11.9 Å². The van der Waals surface area contributed by atoms with E-state index in [9.17, 15) is 24.6 Å².